The van der Waals surface area contributed by atoms with Crippen LogP contribution >= 0.6 is 11.3 Å². The Balaban J connectivity index is 1.44. The number of benzene rings is 1. The van der Waals surface area contributed by atoms with Gasteiger partial charge in [-0.1, -0.05) is 13.7 Å². The van der Waals surface area contributed by atoms with E-state index >= 15 is 13.2 Å². The standard InChI is InChI=1S/C30H30F3N7O3S/c1-13(2)37-20-10-40(9-19(20)32)28-36-7-15-16-11-42-12-17(16)21(23(33)24(15)38-28)25-22-14(6-34)27(39-29(41)43-30(3,4)5)44-26(22)18(31)8-35-25/h7-8,13,19-20,37H,9-12H2,1-5H3,(H,39,41)/t19-,20-/m0/s1/i1D3,2D3,13D. The van der Waals surface area contributed by atoms with E-state index in [4.69, 9.17) is 19.1 Å². The smallest absolute Gasteiger partial charge is 0.412 e. The third-order valence-electron chi connectivity index (χ3n) is 7.18. The number of thiophene rings is 1. The minimum Gasteiger partial charge on any atom is -0.444 e. The first kappa shape index (κ1) is 22.4. The molecule has 1 amide bonds. The number of fused-ring (bicyclic) bond motifs is 4. The molecule has 1 aromatic carbocycles. The number of aromatic nitrogens is 3. The predicted octanol–water partition coefficient (Wildman–Crippen LogP) is 5.96. The molecule has 1 fully saturated rings. The number of rotatable bonds is 5. The van der Waals surface area contributed by atoms with Gasteiger partial charge < -0.3 is 19.7 Å². The number of amides is 1. The summed E-state index contributed by atoms with van der Waals surface area (Å²) < 4.78 is 112. The quantitative estimate of drug-likeness (QED) is 0.274. The molecule has 0 unspecified atom stereocenters. The van der Waals surface area contributed by atoms with E-state index in [0.717, 1.165) is 17.5 Å². The number of nitriles is 1. The van der Waals surface area contributed by atoms with Gasteiger partial charge in [0.2, 0.25) is 5.95 Å². The van der Waals surface area contributed by atoms with E-state index in [1.807, 2.05) is 6.07 Å². The summed E-state index contributed by atoms with van der Waals surface area (Å²) in [7, 11) is 0. The zero-order valence-corrected chi connectivity index (χ0v) is 24.5. The summed E-state index contributed by atoms with van der Waals surface area (Å²) in [6, 6.07) is -2.66. The van der Waals surface area contributed by atoms with Crippen LogP contribution in [0, 0.1) is 23.0 Å². The van der Waals surface area contributed by atoms with Crippen LogP contribution < -0.4 is 15.5 Å². The molecule has 0 radical (unpaired) electrons. The van der Waals surface area contributed by atoms with Crippen molar-refractivity contribution in [1.82, 2.24) is 20.3 Å². The lowest BCUT2D eigenvalue weighted by Crippen LogP contribution is -2.41. The van der Waals surface area contributed by atoms with Crippen molar-refractivity contribution in [2.24, 2.45) is 0 Å². The summed E-state index contributed by atoms with van der Waals surface area (Å²) in [4.78, 5) is 26.7. The second-order valence-electron chi connectivity index (χ2n) is 11.3. The molecule has 0 spiro atoms. The molecular weight excluding hydrogens is 595 g/mol. The molecule has 0 saturated carbocycles. The molecule has 2 aliphatic rings. The fourth-order valence-corrected chi connectivity index (χ4v) is 6.44. The van der Waals surface area contributed by atoms with Crippen LogP contribution in [0.5, 0.6) is 0 Å². The maximum absolute atomic E-state index is 16.9. The van der Waals surface area contributed by atoms with E-state index in [9.17, 15) is 10.1 Å². The third-order valence-corrected chi connectivity index (χ3v) is 8.29. The van der Waals surface area contributed by atoms with E-state index in [1.165, 1.54) is 11.1 Å². The van der Waals surface area contributed by atoms with Gasteiger partial charge in [0.05, 0.1) is 48.0 Å². The number of alkyl halides is 1. The fraction of sp³-hybridized carbons (Fsp3) is 0.433. The van der Waals surface area contributed by atoms with Gasteiger partial charge in [0.25, 0.3) is 0 Å². The molecule has 44 heavy (non-hydrogen) atoms. The highest BCUT2D eigenvalue weighted by Gasteiger charge is 2.36. The maximum Gasteiger partial charge on any atom is 0.412 e. The van der Waals surface area contributed by atoms with Gasteiger partial charge in [0.1, 0.15) is 28.4 Å². The van der Waals surface area contributed by atoms with Gasteiger partial charge in [-0.3, -0.25) is 10.3 Å². The van der Waals surface area contributed by atoms with Gasteiger partial charge in [-0.25, -0.2) is 27.9 Å². The fourth-order valence-electron chi connectivity index (χ4n) is 5.40. The minimum atomic E-state index is -3.34. The monoisotopic (exact) mass is 632 g/mol. The third kappa shape index (κ3) is 5.29. The Morgan fingerprint density at radius 2 is 2.05 bits per heavy atom. The lowest BCUT2D eigenvalue weighted by molar-refractivity contribution is 0.0636. The normalized spacial score (nSPS) is 21.5. The van der Waals surface area contributed by atoms with Crippen molar-refractivity contribution in [2.75, 3.05) is 23.3 Å². The van der Waals surface area contributed by atoms with E-state index in [1.54, 1.807) is 20.8 Å². The van der Waals surface area contributed by atoms with Crippen LogP contribution in [-0.2, 0) is 22.7 Å². The average Bonchev–Trinajstić information content (AvgIpc) is 3.73. The molecule has 1 saturated heterocycles. The van der Waals surface area contributed by atoms with E-state index < -0.39 is 61.8 Å². The van der Waals surface area contributed by atoms with Gasteiger partial charge in [0.15, 0.2) is 11.6 Å². The lowest BCUT2D eigenvalue weighted by atomic mass is 9.94. The molecule has 0 bridgehead atoms. The van der Waals surface area contributed by atoms with E-state index in [2.05, 4.69) is 25.6 Å². The number of hydrogen-bond donors (Lipinski definition) is 2. The topological polar surface area (TPSA) is 125 Å². The van der Waals surface area contributed by atoms with Crippen LogP contribution in [0.25, 0.3) is 32.2 Å². The van der Waals surface area contributed by atoms with Crippen LogP contribution in [0.4, 0.5) is 28.9 Å². The van der Waals surface area contributed by atoms with Crippen molar-refractivity contribution in [3.8, 4) is 17.3 Å². The van der Waals surface area contributed by atoms with Crippen LogP contribution in [0.1, 0.15) is 60.8 Å². The Bertz CT molecular complexity index is 2100. The molecule has 4 aromatic rings. The number of pyridine rings is 1. The van der Waals surface area contributed by atoms with Gasteiger partial charge in [-0.2, -0.15) is 5.26 Å². The van der Waals surface area contributed by atoms with Crippen LogP contribution in [0.2, 0.25) is 0 Å². The van der Waals surface area contributed by atoms with Crippen LogP contribution in [0.3, 0.4) is 0 Å². The highest BCUT2D eigenvalue weighted by atomic mass is 32.1. The van der Waals surface area contributed by atoms with Gasteiger partial charge in [-0.15, -0.1) is 11.3 Å². The first-order valence-corrected chi connectivity index (χ1v) is 14.2. The number of nitrogens with one attached hydrogen (secondary N) is 2. The van der Waals surface area contributed by atoms with Gasteiger partial charge >= 0.3 is 6.09 Å². The molecule has 2 aliphatic heterocycles. The number of ether oxygens (including phenoxy) is 2. The first-order valence-electron chi connectivity index (χ1n) is 16.9. The van der Waals surface area contributed by atoms with Gasteiger partial charge in [-0.05, 0) is 31.9 Å². The van der Waals surface area contributed by atoms with Crippen molar-refractivity contribution in [1.29, 1.82) is 5.26 Å². The summed E-state index contributed by atoms with van der Waals surface area (Å²) in [6.45, 7) is -2.59. The van der Waals surface area contributed by atoms with Gasteiger partial charge in [0, 0.05) is 44.7 Å². The summed E-state index contributed by atoms with van der Waals surface area (Å²) in [6.07, 6.45) is -0.562. The summed E-state index contributed by atoms with van der Waals surface area (Å²) in [5.41, 5.74) is -0.709. The van der Waals surface area contributed by atoms with Crippen LogP contribution in [0.15, 0.2) is 12.4 Å². The zero-order chi connectivity index (χ0) is 37.4. The Morgan fingerprint density at radius 3 is 2.77 bits per heavy atom. The second kappa shape index (κ2) is 11.1. The molecule has 6 rings (SSSR count). The molecule has 5 heterocycles. The summed E-state index contributed by atoms with van der Waals surface area (Å²) >= 11 is 0.747. The van der Waals surface area contributed by atoms with Crippen molar-refractivity contribution in [3.05, 3.63) is 40.7 Å². The Hall–Kier alpha value is -4.06. The number of carbonyl (C=O) groups excluding carboxylic acids is 1. The maximum atomic E-state index is 16.9. The molecule has 0 aliphatic carbocycles. The molecule has 14 heteroatoms. The van der Waals surface area contributed by atoms with Crippen molar-refractivity contribution >= 4 is 49.4 Å². The average molecular weight is 633 g/mol. The predicted molar refractivity (Wildman–Crippen MR) is 160 cm³/mol. The molecule has 3 aromatic heterocycles. The summed E-state index contributed by atoms with van der Waals surface area (Å²) in [5, 5.41) is 15.0. The Labute approximate surface area is 265 Å². The Morgan fingerprint density at radius 1 is 1.27 bits per heavy atom. The van der Waals surface area contributed by atoms with E-state index in [-0.39, 0.29) is 68.5 Å². The SMILES string of the molecule is [2H]C([2H])([2H])C([2H])(N[C@H]1CN(c2ncc3c4c(c(-c5ncc(F)c6sc(NC(=O)OC(C)(C)C)c(C#N)c56)c(F)c3n2)COC4)C[C@@H]1F)C([2H])([2H])[2H]. The minimum absolute atomic E-state index is 0.0183. The van der Waals surface area contributed by atoms with E-state index in [0.29, 0.717) is 11.1 Å². The first-order chi connectivity index (χ1) is 23.6. The highest BCUT2D eigenvalue weighted by molar-refractivity contribution is 7.23. The molecule has 10 nitrogen and oxygen atoms in total. The number of halogens is 3. The number of hydrogen-bond acceptors (Lipinski definition) is 10. The number of anilines is 2. The van der Waals surface area contributed by atoms with Crippen molar-refractivity contribution < 1.29 is 37.0 Å². The highest BCUT2D eigenvalue weighted by Crippen LogP contribution is 2.46. The lowest BCUT2D eigenvalue weighted by Gasteiger charge is -2.19. The molecular formula is C30H30F3N7O3S. The molecule has 2 atom stereocenters. The van der Waals surface area contributed by atoms with Crippen molar-refractivity contribution in [3.63, 3.8) is 0 Å². The Kier molecular flexibility index (Phi) is 5.68. The summed E-state index contributed by atoms with van der Waals surface area (Å²) in [5.74, 6) is -1.93. The number of carbonyl (C=O) groups is 1. The number of nitrogens with zero attached hydrogens (tertiary/aromatic N) is 5. The zero-order valence-electron chi connectivity index (χ0n) is 30.6. The second-order valence-corrected chi connectivity index (χ2v) is 12.3. The van der Waals surface area contributed by atoms with Crippen LogP contribution in [-0.4, -0.2) is 58.0 Å². The largest absolute Gasteiger partial charge is 0.444 e. The van der Waals surface area contributed by atoms with Crippen molar-refractivity contribution in [2.45, 2.75) is 71.5 Å². The molecule has 2 N–H and O–H groups in total. The molecule has 230 valence electrons.